The van der Waals surface area contributed by atoms with Crippen molar-refractivity contribution < 1.29 is 4.21 Å². The standard InChI is InChI=1S/C11H16ClNOS/c1-3-8(2)7-15(14)9-4-5-11(13)10(12)6-9/h4-6,8H,3,7,13H2,1-2H3. The lowest BCUT2D eigenvalue weighted by Gasteiger charge is -2.08. The molecule has 0 aliphatic carbocycles. The van der Waals surface area contributed by atoms with Crippen LogP contribution in [-0.2, 0) is 10.8 Å². The van der Waals surface area contributed by atoms with Gasteiger partial charge < -0.3 is 5.73 Å². The highest BCUT2D eigenvalue weighted by atomic mass is 35.5. The average molecular weight is 246 g/mol. The zero-order valence-corrected chi connectivity index (χ0v) is 10.6. The molecule has 0 heterocycles. The van der Waals surface area contributed by atoms with Crippen LogP contribution in [0.4, 0.5) is 5.69 Å². The zero-order chi connectivity index (χ0) is 11.4. The van der Waals surface area contributed by atoms with Crippen LogP contribution in [0.1, 0.15) is 20.3 Å². The number of halogens is 1. The molecule has 1 aromatic rings. The molecule has 1 rings (SSSR count). The summed E-state index contributed by atoms with van der Waals surface area (Å²) >= 11 is 5.87. The molecule has 0 saturated heterocycles. The molecule has 15 heavy (non-hydrogen) atoms. The number of nitrogens with two attached hydrogens (primary N) is 1. The van der Waals surface area contributed by atoms with Gasteiger partial charge in [-0.15, -0.1) is 0 Å². The molecule has 0 saturated carbocycles. The first-order valence-corrected chi connectivity index (χ1v) is 6.67. The Balaban J connectivity index is 2.78. The lowest BCUT2D eigenvalue weighted by atomic mass is 10.2. The lowest BCUT2D eigenvalue weighted by molar-refractivity contribution is 0.615. The van der Waals surface area contributed by atoms with Gasteiger partial charge in [-0.2, -0.15) is 0 Å². The molecular formula is C11H16ClNOS. The summed E-state index contributed by atoms with van der Waals surface area (Å²) < 4.78 is 11.9. The number of hydrogen-bond acceptors (Lipinski definition) is 2. The maximum Gasteiger partial charge on any atom is 0.0647 e. The van der Waals surface area contributed by atoms with Gasteiger partial charge in [-0.3, -0.25) is 4.21 Å². The molecule has 2 N–H and O–H groups in total. The molecule has 0 bridgehead atoms. The molecule has 1 aromatic carbocycles. The third-order valence-electron chi connectivity index (χ3n) is 2.37. The fourth-order valence-corrected chi connectivity index (χ4v) is 2.78. The summed E-state index contributed by atoms with van der Waals surface area (Å²) in [4.78, 5) is 0.759. The molecule has 0 aliphatic heterocycles. The van der Waals surface area contributed by atoms with E-state index in [2.05, 4.69) is 13.8 Å². The van der Waals surface area contributed by atoms with Gasteiger partial charge in [0.15, 0.2) is 0 Å². The minimum absolute atomic E-state index is 0.460. The Bertz CT molecular complexity index is 368. The van der Waals surface area contributed by atoms with Crippen molar-refractivity contribution in [3.05, 3.63) is 23.2 Å². The fraction of sp³-hybridized carbons (Fsp3) is 0.455. The van der Waals surface area contributed by atoms with Gasteiger partial charge in [0.05, 0.1) is 21.5 Å². The van der Waals surface area contributed by atoms with Crippen LogP contribution in [0.15, 0.2) is 23.1 Å². The van der Waals surface area contributed by atoms with E-state index in [-0.39, 0.29) is 0 Å². The van der Waals surface area contributed by atoms with Gasteiger partial charge in [-0.05, 0) is 24.1 Å². The van der Waals surface area contributed by atoms with Crippen LogP contribution >= 0.6 is 11.6 Å². The fourth-order valence-electron chi connectivity index (χ4n) is 1.12. The maximum absolute atomic E-state index is 11.9. The molecule has 4 heteroatoms. The maximum atomic E-state index is 11.9. The van der Waals surface area contributed by atoms with Crippen molar-refractivity contribution in [3.63, 3.8) is 0 Å². The summed E-state index contributed by atoms with van der Waals surface area (Å²) in [5.74, 6) is 1.14. The van der Waals surface area contributed by atoms with Gasteiger partial charge in [0.25, 0.3) is 0 Å². The first-order valence-electron chi connectivity index (χ1n) is 4.98. The summed E-state index contributed by atoms with van der Waals surface area (Å²) in [6.07, 6.45) is 1.04. The SMILES string of the molecule is CCC(C)CS(=O)c1ccc(N)c(Cl)c1. The third-order valence-corrected chi connectivity index (χ3v) is 4.35. The molecule has 84 valence electrons. The molecule has 0 radical (unpaired) electrons. The summed E-state index contributed by atoms with van der Waals surface area (Å²) in [5.41, 5.74) is 6.11. The van der Waals surface area contributed by atoms with E-state index in [0.29, 0.717) is 22.4 Å². The number of benzene rings is 1. The van der Waals surface area contributed by atoms with Crippen LogP contribution in [0.5, 0.6) is 0 Å². The van der Waals surface area contributed by atoms with Crippen LogP contribution in [0.3, 0.4) is 0 Å². The molecule has 0 aliphatic rings. The van der Waals surface area contributed by atoms with Crippen LogP contribution < -0.4 is 5.73 Å². The highest BCUT2D eigenvalue weighted by molar-refractivity contribution is 7.85. The summed E-state index contributed by atoms with van der Waals surface area (Å²) in [6, 6.07) is 5.17. The van der Waals surface area contributed by atoms with E-state index >= 15 is 0 Å². The lowest BCUT2D eigenvalue weighted by Crippen LogP contribution is -2.07. The number of anilines is 1. The molecule has 0 spiro atoms. The second-order valence-corrected chi connectivity index (χ2v) is 5.61. The molecule has 2 nitrogen and oxygen atoms in total. The van der Waals surface area contributed by atoms with Crippen molar-refractivity contribution >= 4 is 28.1 Å². The van der Waals surface area contributed by atoms with E-state index in [1.165, 1.54) is 0 Å². The second-order valence-electron chi connectivity index (χ2n) is 3.71. The van der Waals surface area contributed by atoms with Crippen molar-refractivity contribution in [1.29, 1.82) is 0 Å². The molecule has 0 aromatic heterocycles. The molecule has 2 atom stereocenters. The highest BCUT2D eigenvalue weighted by Gasteiger charge is 2.09. The van der Waals surface area contributed by atoms with Crippen molar-refractivity contribution in [3.8, 4) is 0 Å². The second kappa shape index (κ2) is 5.52. The van der Waals surface area contributed by atoms with Gasteiger partial charge in [0.2, 0.25) is 0 Å². The van der Waals surface area contributed by atoms with E-state index < -0.39 is 10.8 Å². The Hall–Kier alpha value is -0.540. The Labute approximate surface area is 98.3 Å². The average Bonchev–Trinajstić information content (AvgIpc) is 2.21. The number of hydrogen-bond donors (Lipinski definition) is 1. The predicted octanol–water partition coefficient (Wildman–Crippen LogP) is 3.08. The Morgan fingerprint density at radius 3 is 2.73 bits per heavy atom. The molecule has 2 unspecified atom stereocenters. The minimum Gasteiger partial charge on any atom is -0.398 e. The van der Waals surface area contributed by atoms with Gasteiger partial charge in [-0.25, -0.2) is 0 Å². The molecule has 0 fully saturated rings. The predicted molar refractivity (Wildman–Crippen MR) is 66.6 cm³/mol. The van der Waals surface area contributed by atoms with Crippen LogP contribution in [-0.4, -0.2) is 9.96 Å². The normalized spacial score (nSPS) is 14.9. The van der Waals surface area contributed by atoms with Crippen molar-refractivity contribution in [2.75, 3.05) is 11.5 Å². The van der Waals surface area contributed by atoms with E-state index in [1.807, 2.05) is 0 Å². The monoisotopic (exact) mass is 245 g/mol. The summed E-state index contributed by atoms with van der Waals surface area (Å²) in [7, 11) is -0.972. The first-order chi connectivity index (χ1) is 7.04. The highest BCUT2D eigenvalue weighted by Crippen LogP contribution is 2.22. The first kappa shape index (κ1) is 12.5. The quantitative estimate of drug-likeness (QED) is 0.829. The smallest absolute Gasteiger partial charge is 0.0647 e. The zero-order valence-electron chi connectivity index (χ0n) is 9.00. The van der Waals surface area contributed by atoms with E-state index in [9.17, 15) is 4.21 Å². The molecular weight excluding hydrogens is 230 g/mol. The van der Waals surface area contributed by atoms with Crippen LogP contribution in [0, 0.1) is 5.92 Å². The Kier molecular flexibility index (Phi) is 4.61. The summed E-state index contributed by atoms with van der Waals surface area (Å²) in [5, 5.41) is 0.477. The topological polar surface area (TPSA) is 43.1 Å². The number of nitrogen functional groups attached to an aromatic ring is 1. The van der Waals surface area contributed by atoms with Gasteiger partial charge >= 0.3 is 0 Å². The van der Waals surface area contributed by atoms with Crippen molar-refractivity contribution in [2.24, 2.45) is 5.92 Å². The van der Waals surface area contributed by atoms with Crippen molar-refractivity contribution in [1.82, 2.24) is 0 Å². The van der Waals surface area contributed by atoms with Crippen LogP contribution in [0.25, 0.3) is 0 Å². The summed E-state index contributed by atoms with van der Waals surface area (Å²) in [6.45, 7) is 4.19. The van der Waals surface area contributed by atoms with Gasteiger partial charge in [-0.1, -0.05) is 31.9 Å². The largest absolute Gasteiger partial charge is 0.398 e. The Morgan fingerprint density at radius 1 is 1.53 bits per heavy atom. The van der Waals surface area contributed by atoms with Crippen LogP contribution in [0.2, 0.25) is 5.02 Å². The van der Waals surface area contributed by atoms with E-state index in [4.69, 9.17) is 17.3 Å². The van der Waals surface area contributed by atoms with E-state index in [0.717, 1.165) is 11.3 Å². The van der Waals surface area contributed by atoms with Gasteiger partial charge in [0, 0.05) is 10.6 Å². The molecule has 0 amide bonds. The minimum atomic E-state index is -0.972. The third kappa shape index (κ3) is 3.50. The Morgan fingerprint density at radius 2 is 2.20 bits per heavy atom. The van der Waals surface area contributed by atoms with E-state index in [1.54, 1.807) is 18.2 Å². The number of rotatable bonds is 4. The van der Waals surface area contributed by atoms with Crippen molar-refractivity contribution in [2.45, 2.75) is 25.2 Å². The van der Waals surface area contributed by atoms with Gasteiger partial charge in [0.1, 0.15) is 0 Å².